The number of halogens is 2. The highest BCUT2D eigenvalue weighted by atomic mass is 35.5. The van der Waals surface area contributed by atoms with Gasteiger partial charge in [0.15, 0.2) is 0 Å². The van der Waals surface area contributed by atoms with E-state index in [1.165, 1.54) is 0 Å². The van der Waals surface area contributed by atoms with Crippen LogP contribution in [0.25, 0.3) is 0 Å². The average Bonchev–Trinajstić information content (AvgIpc) is 2.52. The first kappa shape index (κ1) is 18.4. The number of hydrogen-bond donors (Lipinski definition) is 1. The van der Waals surface area contributed by atoms with E-state index < -0.39 is 0 Å². The second-order valence-electron chi connectivity index (χ2n) is 4.89. The van der Waals surface area contributed by atoms with E-state index in [9.17, 15) is 4.79 Å². The summed E-state index contributed by atoms with van der Waals surface area (Å²) in [5.41, 5.74) is 7.84. The lowest BCUT2D eigenvalue weighted by Gasteiger charge is -2.25. The van der Waals surface area contributed by atoms with Crippen molar-refractivity contribution in [3.05, 3.63) is 64.4 Å². The fourth-order valence-electron chi connectivity index (χ4n) is 2.09. The third-order valence-corrected chi connectivity index (χ3v) is 3.74. The molecule has 118 valence electrons. The molecule has 0 saturated heterocycles. The number of rotatable bonds is 4. The summed E-state index contributed by atoms with van der Waals surface area (Å²) in [6, 6.07) is 10.9. The monoisotopic (exact) mass is 339 g/mol. The highest BCUT2D eigenvalue weighted by Gasteiger charge is 2.19. The molecular formula is C16H19Cl2N3O. The molecule has 1 unspecified atom stereocenters. The summed E-state index contributed by atoms with van der Waals surface area (Å²) in [7, 11) is 1.77. The van der Waals surface area contributed by atoms with Crippen LogP contribution in [-0.2, 0) is 6.54 Å². The molecular weight excluding hydrogens is 321 g/mol. The predicted molar refractivity (Wildman–Crippen MR) is 91.3 cm³/mol. The second-order valence-corrected chi connectivity index (χ2v) is 5.32. The summed E-state index contributed by atoms with van der Waals surface area (Å²) in [4.78, 5) is 18.3. The smallest absolute Gasteiger partial charge is 0.254 e. The number of nitrogens with zero attached hydrogens (tertiary/aromatic N) is 2. The van der Waals surface area contributed by atoms with E-state index in [0.717, 1.165) is 5.56 Å². The molecule has 0 bridgehead atoms. The molecule has 22 heavy (non-hydrogen) atoms. The van der Waals surface area contributed by atoms with Crippen LogP contribution in [0.4, 0.5) is 0 Å². The Morgan fingerprint density at radius 1 is 1.36 bits per heavy atom. The molecule has 4 nitrogen and oxygen atoms in total. The number of aromatic nitrogens is 1. The maximum atomic E-state index is 12.5. The van der Waals surface area contributed by atoms with Crippen molar-refractivity contribution in [1.82, 2.24) is 9.88 Å². The predicted octanol–water partition coefficient (Wildman–Crippen LogP) is 3.45. The number of amides is 1. The Labute approximate surface area is 141 Å². The van der Waals surface area contributed by atoms with Crippen LogP contribution in [0.3, 0.4) is 0 Å². The first-order valence-corrected chi connectivity index (χ1v) is 7.08. The zero-order valence-electron chi connectivity index (χ0n) is 12.5. The van der Waals surface area contributed by atoms with Crippen molar-refractivity contribution in [2.24, 2.45) is 5.73 Å². The molecule has 1 aromatic heterocycles. The lowest BCUT2D eigenvalue weighted by molar-refractivity contribution is 0.0742. The summed E-state index contributed by atoms with van der Waals surface area (Å²) in [6.07, 6.45) is 1.60. The Bertz CT molecular complexity index is 649. The minimum atomic E-state index is -0.0781. The molecule has 0 aliphatic carbocycles. The van der Waals surface area contributed by atoms with Gasteiger partial charge >= 0.3 is 0 Å². The minimum Gasteiger partial charge on any atom is -0.335 e. The van der Waals surface area contributed by atoms with Gasteiger partial charge < -0.3 is 10.6 Å². The Kier molecular flexibility index (Phi) is 6.81. The van der Waals surface area contributed by atoms with E-state index in [2.05, 4.69) is 4.98 Å². The number of pyridine rings is 1. The van der Waals surface area contributed by atoms with Crippen molar-refractivity contribution < 1.29 is 4.79 Å². The van der Waals surface area contributed by atoms with E-state index in [-0.39, 0.29) is 24.4 Å². The number of nitrogens with two attached hydrogens (primary N) is 1. The first-order valence-electron chi connectivity index (χ1n) is 6.70. The van der Waals surface area contributed by atoms with Gasteiger partial charge in [-0.1, -0.05) is 23.7 Å². The van der Waals surface area contributed by atoms with Gasteiger partial charge in [-0.25, -0.2) is 0 Å². The van der Waals surface area contributed by atoms with Gasteiger partial charge in [0, 0.05) is 30.4 Å². The van der Waals surface area contributed by atoms with Gasteiger partial charge in [-0.15, -0.1) is 12.4 Å². The van der Waals surface area contributed by atoms with E-state index in [4.69, 9.17) is 17.3 Å². The quantitative estimate of drug-likeness (QED) is 0.927. The SMILES string of the molecule is CC(c1cccc(Cl)c1)N(C)C(=O)c1ccnc(CN)c1.Cl. The molecule has 2 aromatic rings. The molecule has 0 aliphatic rings. The van der Waals surface area contributed by atoms with E-state index >= 15 is 0 Å². The molecule has 0 saturated carbocycles. The average molecular weight is 340 g/mol. The van der Waals surface area contributed by atoms with Crippen LogP contribution in [0, 0.1) is 0 Å². The van der Waals surface area contributed by atoms with Crippen LogP contribution in [0.5, 0.6) is 0 Å². The van der Waals surface area contributed by atoms with Gasteiger partial charge in [0.1, 0.15) is 0 Å². The molecule has 6 heteroatoms. The van der Waals surface area contributed by atoms with Crippen LogP contribution < -0.4 is 5.73 Å². The molecule has 2 N–H and O–H groups in total. The van der Waals surface area contributed by atoms with Crippen LogP contribution in [0.2, 0.25) is 5.02 Å². The van der Waals surface area contributed by atoms with Gasteiger partial charge in [-0.2, -0.15) is 0 Å². The van der Waals surface area contributed by atoms with Crippen molar-refractivity contribution in [2.75, 3.05) is 7.05 Å². The van der Waals surface area contributed by atoms with Crippen molar-refractivity contribution in [3.8, 4) is 0 Å². The molecule has 1 heterocycles. The van der Waals surface area contributed by atoms with E-state index in [1.54, 1.807) is 30.3 Å². The normalized spacial score (nSPS) is 11.5. The van der Waals surface area contributed by atoms with Crippen LogP contribution in [0.1, 0.15) is 34.6 Å². The van der Waals surface area contributed by atoms with Crippen molar-refractivity contribution in [2.45, 2.75) is 19.5 Å². The van der Waals surface area contributed by atoms with Gasteiger partial charge in [0.05, 0.1) is 11.7 Å². The molecule has 0 spiro atoms. The lowest BCUT2D eigenvalue weighted by atomic mass is 10.1. The fourth-order valence-corrected chi connectivity index (χ4v) is 2.29. The van der Waals surface area contributed by atoms with E-state index in [1.807, 2.05) is 31.2 Å². The molecule has 1 aromatic carbocycles. The maximum absolute atomic E-state index is 12.5. The summed E-state index contributed by atoms with van der Waals surface area (Å²) in [5.74, 6) is -0.0698. The molecule has 2 rings (SSSR count). The van der Waals surface area contributed by atoms with Gasteiger partial charge in [0.25, 0.3) is 5.91 Å². The van der Waals surface area contributed by atoms with Crippen molar-refractivity contribution in [3.63, 3.8) is 0 Å². The molecule has 0 fully saturated rings. The Morgan fingerprint density at radius 2 is 2.09 bits per heavy atom. The number of carbonyl (C=O) groups excluding carboxylic acids is 1. The molecule has 0 aliphatic heterocycles. The van der Waals surface area contributed by atoms with Gasteiger partial charge in [-0.05, 0) is 36.8 Å². The van der Waals surface area contributed by atoms with Crippen LogP contribution in [0.15, 0.2) is 42.6 Å². The minimum absolute atomic E-state index is 0. The topological polar surface area (TPSA) is 59.2 Å². The first-order chi connectivity index (χ1) is 10.0. The number of hydrogen-bond acceptors (Lipinski definition) is 3. The molecule has 0 radical (unpaired) electrons. The van der Waals surface area contributed by atoms with Gasteiger partial charge in [-0.3, -0.25) is 9.78 Å². The third-order valence-electron chi connectivity index (χ3n) is 3.51. The summed E-state index contributed by atoms with van der Waals surface area (Å²) < 4.78 is 0. The Morgan fingerprint density at radius 3 is 2.73 bits per heavy atom. The molecule has 1 amide bonds. The van der Waals surface area contributed by atoms with E-state index in [0.29, 0.717) is 22.8 Å². The Balaban J connectivity index is 0.00000242. The molecule has 1 atom stereocenters. The summed E-state index contributed by atoms with van der Waals surface area (Å²) in [5, 5.41) is 0.662. The maximum Gasteiger partial charge on any atom is 0.254 e. The second kappa shape index (κ2) is 8.13. The number of carbonyl (C=O) groups is 1. The van der Waals surface area contributed by atoms with Crippen molar-refractivity contribution in [1.29, 1.82) is 0 Å². The van der Waals surface area contributed by atoms with Crippen molar-refractivity contribution >= 4 is 29.9 Å². The van der Waals surface area contributed by atoms with Crippen LogP contribution in [-0.4, -0.2) is 22.8 Å². The van der Waals surface area contributed by atoms with Crippen LogP contribution >= 0.6 is 24.0 Å². The largest absolute Gasteiger partial charge is 0.335 e. The highest BCUT2D eigenvalue weighted by molar-refractivity contribution is 6.30. The van der Waals surface area contributed by atoms with Gasteiger partial charge in [0.2, 0.25) is 0 Å². The fraction of sp³-hybridized carbons (Fsp3) is 0.250. The zero-order valence-corrected chi connectivity index (χ0v) is 14.1. The third kappa shape index (κ3) is 4.19. The summed E-state index contributed by atoms with van der Waals surface area (Å²) >= 11 is 6.00. The number of benzene rings is 1. The standard InChI is InChI=1S/C16H18ClN3O.ClH/c1-11(12-4-3-5-14(17)8-12)20(2)16(21)13-6-7-19-15(9-13)10-18;/h3-9,11H,10,18H2,1-2H3;1H. The highest BCUT2D eigenvalue weighted by Crippen LogP contribution is 2.23. The Hall–Kier alpha value is -1.62. The summed E-state index contributed by atoms with van der Waals surface area (Å²) in [6.45, 7) is 2.28. The zero-order chi connectivity index (χ0) is 15.4. The lowest BCUT2D eigenvalue weighted by Crippen LogP contribution is -2.29.